The molecule has 242 valence electrons. The molecule has 0 aliphatic heterocycles. The molecular formula is C37H64O5. The summed E-state index contributed by atoms with van der Waals surface area (Å²) in [4.78, 5) is 18.6. The standard InChI is InChI=1S/C27H42O4.C4H8.C3H6.C2H6.CH2O/c1-10-21(4)27(31-16-15-29-9)18-24(7)25(8)26(13-14-30-19-28)17-23(6)22(5)12-11-20(2)3;1-4(2)3;1-3-2;2*1-2/h17-20,22H,4,6-8,10-16H2,1-3,5,9H3;1H2,2-3H3;3H,1H2,2H3;1-2H3;1H2/b26-17-,27-18+;;;;. The normalized spacial score (nSPS) is 10.7. The van der Waals surface area contributed by atoms with Crippen LogP contribution in [0.3, 0.4) is 0 Å². The monoisotopic (exact) mass is 588 g/mol. The summed E-state index contributed by atoms with van der Waals surface area (Å²) >= 11 is 0. The second-order valence-electron chi connectivity index (χ2n) is 9.76. The van der Waals surface area contributed by atoms with Gasteiger partial charge in [0.2, 0.25) is 0 Å². The Morgan fingerprint density at radius 2 is 1.38 bits per heavy atom. The molecule has 0 aromatic carbocycles. The first-order valence-corrected chi connectivity index (χ1v) is 14.6. The lowest BCUT2D eigenvalue weighted by molar-refractivity contribution is -0.128. The van der Waals surface area contributed by atoms with Crippen LogP contribution in [0.2, 0.25) is 0 Å². The van der Waals surface area contributed by atoms with Crippen LogP contribution < -0.4 is 0 Å². The fourth-order valence-corrected chi connectivity index (χ4v) is 2.77. The van der Waals surface area contributed by atoms with Crippen LogP contribution in [0.25, 0.3) is 0 Å². The van der Waals surface area contributed by atoms with E-state index < -0.39 is 0 Å². The molecule has 0 aliphatic carbocycles. The van der Waals surface area contributed by atoms with Gasteiger partial charge in [-0.2, -0.15) is 0 Å². The Hall–Kier alpha value is -3.18. The van der Waals surface area contributed by atoms with E-state index in [1.165, 1.54) is 5.57 Å². The fourth-order valence-electron chi connectivity index (χ4n) is 2.77. The molecule has 5 nitrogen and oxygen atoms in total. The van der Waals surface area contributed by atoms with Crippen molar-refractivity contribution in [1.82, 2.24) is 0 Å². The van der Waals surface area contributed by atoms with Crippen molar-refractivity contribution >= 4 is 13.3 Å². The van der Waals surface area contributed by atoms with E-state index in [1.54, 1.807) is 13.2 Å². The zero-order chi connectivity index (χ0) is 34.1. The third-order valence-electron chi connectivity index (χ3n) is 5.13. The summed E-state index contributed by atoms with van der Waals surface area (Å²) in [5, 5.41) is 0. The molecular weight excluding hydrogens is 524 g/mol. The molecule has 0 aromatic heterocycles. The van der Waals surface area contributed by atoms with Gasteiger partial charge in [0.25, 0.3) is 6.47 Å². The van der Waals surface area contributed by atoms with Crippen LogP contribution in [0.15, 0.2) is 96.9 Å². The number of allylic oxidation sites excluding steroid dienone is 8. The minimum Gasteiger partial charge on any atom is -0.491 e. The average molecular weight is 589 g/mol. The maximum Gasteiger partial charge on any atom is 0.293 e. The van der Waals surface area contributed by atoms with E-state index in [1.807, 2.05) is 54.4 Å². The van der Waals surface area contributed by atoms with E-state index >= 15 is 0 Å². The smallest absolute Gasteiger partial charge is 0.293 e. The van der Waals surface area contributed by atoms with Gasteiger partial charge < -0.3 is 19.0 Å². The number of carbonyl (C=O) groups is 2. The zero-order valence-corrected chi connectivity index (χ0v) is 28.9. The van der Waals surface area contributed by atoms with E-state index in [-0.39, 0.29) is 6.61 Å². The Balaban J connectivity index is -0.000000359. The molecule has 0 radical (unpaired) electrons. The van der Waals surface area contributed by atoms with Gasteiger partial charge >= 0.3 is 0 Å². The third kappa shape index (κ3) is 33.0. The molecule has 0 N–H and O–H groups in total. The van der Waals surface area contributed by atoms with E-state index in [2.05, 4.69) is 66.3 Å². The molecule has 0 amide bonds. The quantitative estimate of drug-likeness (QED) is 0.0524. The molecule has 0 aromatic rings. The lowest BCUT2D eigenvalue weighted by atomic mass is 9.89. The number of hydrogen-bond acceptors (Lipinski definition) is 5. The van der Waals surface area contributed by atoms with Gasteiger partial charge in [-0.15, -0.1) is 13.2 Å². The molecule has 0 spiro atoms. The number of hydrogen-bond donors (Lipinski definition) is 0. The van der Waals surface area contributed by atoms with Crippen molar-refractivity contribution in [3.63, 3.8) is 0 Å². The highest BCUT2D eigenvalue weighted by atomic mass is 16.5. The SMILES string of the molecule is C=C(/C=C(/OCCOC)C(=C)CC)C(=C)/C(=C\C(=C)C(C)CCC(C)C)CCOC=O.C=C(C)C.C=CC.C=O.CC. The molecule has 1 atom stereocenters. The van der Waals surface area contributed by atoms with Crippen LogP contribution in [0, 0.1) is 11.8 Å². The average Bonchev–Trinajstić information content (AvgIpc) is 2.96. The Bertz CT molecular complexity index is 823. The summed E-state index contributed by atoms with van der Waals surface area (Å²) < 4.78 is 15.8. The molecule has 0 rings (SSSR count). The van der Waals surface area contributed by atoms with Gasteiger partial charge in [-0.3, -0.25) is 4.79 Å². The molecule has 5 heteroatoms. The molecule has 0 fully saturated rings. The lowest BCUT2D eigenvalue weighted by Gasteiger charge is -2.18. The highest BCUT2D eigenvalue weighted by Gasteiger charge is 2.12. The molecule has 1 unspecified atom stereocenters. The van der Waals surface area contributed by atoms with Gasteiger partial charge in [-0.05, 0) is 73.8 Å². The first-order chi connectivity index (χ1) is 19.8. The highest BCUT2D eigenvalue weighted by molar-refractivity contribution is 5.52. The number of carbonyl (C=O) groups excluding carboxylic acids is 2. The van der Waals surface area contributed by atoms with Crippen molar-refractivity contribution in [2.24, 2.45) is 11.8 Å². The lowest BCUT2D eigenvalue weighted by Crippen LogP contribution is -2.05. The minimum absolute atomic E-state index is 0.276. The van der Waals surface area contributed by atoms with Crippen molar-refractivity contribution < 1.29 is 23.8 Å². The van der Waals surface area contributed by atoms with Crippen molar-refractivity contribution in [3.8, 4) is 0 Å². The minimum atomic E-state index is 0.276. The summed E-state index contributed by atoms with van der Waals surface area (Å²) in [5.41, 5.74) is 5.52. The van der Waals surface area contributed by atoms with Gasteiger partial charge in [-0.1, -0.05) is 97.6 Å². The molecule has 0 heterocycles. The zero-order valence-electron chi connectivity index (χ0n) is 28.9. The van der Waals surface area contributed by atoms with Crippen LogP contribution >= 0.6 is 0 Å². The molecule has 0 saturated carbocycles. The molecule has 0 bridgehead atoms. The Kier molecular flexibility index (Phi) is 41.4. The van der Waals surface area contributed by atoms with Crippen molar-refractivity contribution in [3.05, 3.63) is 96.9 Å². The van der Waals surface area contributed by atoms with E-state index in [0.717, 1.165) is 47.1 Å². The van der Waals surface area contributed by atoms with Crippen LogP contribution in [-0.4, -0.2) is 40.2 Å². The maximum atomic E-state index is 10.6. The number of ether oxygens (including phenoxy) is 3. The largest absolute Gasteiger partial charge is 0.491 e. The molecule has 0 aliphatic rings. The van der Waals surface area contributed by atoms with Crippen molar-refractivity contribution in [1.29, 1.82) is 0 Å². The second kappa shape index (κ2) is 35.8. The van der Waals surface area contributed by atoms with Crippen LogP contribution in [0.5, 0.6) is 0 Å². The van der Waals surface area contributed by atoms with E-state index in [0.29, 0.717) is 43.7 Å². The van der Waals surface area contributed by atoms with Gasteiger partial charge in [0.15, 0.2) is 0 Å². The Morgan fingerprint density at radius 1 is 0.881 bits per heavy atom. The molecule has 42 heavy (non-hydrogen) atoms. The second-order valence-corrected chi connectivity index (χ2v) is 9.76. The predicted molar refractivity (Wildman–Crippen MR) is 186 cm³/mol. The van der Waals surface area contributed by atoms with Crippen molar-refractivity contribution in [2.45, 2.75) is 88.0 Å². The number of methoxy groups -OCH3 is 1. The van der Waals surface area contributed by atoms with Gasteiger partial charge in [0.1, 0.15) is 19.2 Å². The summed E-state index contributed by atoms with van der Waals surface area (Å²) in [6, 6.07) is 0. The Labute approximate surface area is 260 Å². The van der Waals surface area contributed by atoms with Gasteiger partial charge in [-0.25, -0.2) is 0 Å². The van der Waals surface area contributed by atoms with Crippen LogP contribution in [0.4, 0.5) is 0 Å². The summed E-state index contributed by atoms with van der Waals surface area (Å²) in [6.45, 7) is 45.9. The van der Waals surface area contributed by atoms with Crippen LogP contribution in [-0.2, 0) is 23.8 Å². The van der Waals surface area contributed by atoms with Gasteiger partial charge in [0.05, 0.1) is 13.2 Å². The van der Waals surface area contributed by atoms with Crippen LogP contribution in [0.1, 0.15) is 88.0 Å². The highest BCUT2D eigenvalue weighted by Crippen LogP contribution is 2.28. The first kappa shape index (κ1) is 48.5. The maximum absolute atomic E-state index is 10.6. The summed E-state index contributed by atoms with van der Waals surface area (Å²) in [5.74, 6) is 1.69. The predicted octanol–water partition coefficient (Wildman–Crippen LogP) is 10.3. The summed E-state index contributed by atoms with van der Waals surface area (Å²) in [6.07, 6.45) is 9.19. The van der Waals surface area contributed by atoms with Crippen molar-refractivity contribution in [2.75, 3.05) is 26.9 Å². The number of rotatable bonds is 18. The Morgan fingerprint density at radius 3 is 1.79 bits per heavy atom. The van der Waals surface area contributed by atoms with Gasteiger partial charge in [0, 0.05) is 13.5 Å². The third-order valence-corrected chi connectivity index (χ3v) is 5.13. The first-order valence-electron chi connectivity index (χ1n) is 14.6. The summed E-state index contributed by atoms with van der Waals surface area (Å²) in [7, 11) is 1.63. The molecule has 0 saturated heterocycles. The topological polar surface area (TPSA) is 61.8 Å². The fraction of sp³-hybridized carbons (Fsp3) is 0.514. The van der Waals surface area contributed by atoms with E-state index in [4.69, 9.17) is 19.0 Å². The van der Waals surface area contributed by atoms with E-state index in [9.17, 15) is 4.79 Å².